The molecule has 0 saturated heterocycles. The van der Waals surface area contributed by atoms with Crippen LogP contribution in [0, 0.1) is 11.8 Å². The molecule has 156 valence electrons. The van der Waals surface area contributed by atoms with Gasteiger partial charge in [0, 0.05) is 25.1 Å². The van der Waals surface area contributed by atoms with Crippen molar-refractivity contribution >= 4 is 29.9 Å². The van der Waals surface area contributed by atoms with Gasteiger partial charge in [0.15, 0.2) is 5.96 Å². The smallest absolute Gasteiger partial charge is 0.396 e. The number of aliphatic hydroxyl groups excluding tert-OH is 1. The Morgan fingerprint density at radius 1 is 1.07 bits per heavy atom. The van der Waals surface area contributed by atoms with Crippen LogP contribution in [0.4, 0.5) is 13.2 Å². The molecule has 0 aliphatic carbocycles. The highest BCUT2D eigenvalue weighted by molar-refractivity contribution is 14.0. The second-order valence-electron chi connectivity index (χ2n) is 5.97. The summed E-state index contributed by atoms with van der Waals surface area (Å²) in [6.07, 6.45) is -4.35. The lowest BCUT2D eigenvalue weighted by Crippen LogP contribution is -2.40. The molecule has 29 heavy (non-hydrogen) atoms. The van der Waals surface area contributed by atoms with Crippen LogP contribution in [-0.2, 0) is 6.18 Å². The molecular weight excluding hydrogens is 494 g/mol. The van der Waals surface area contributed by atoms with E-state index in [0.717, 1.165) is 17.7 Å². The molecule has 4 nitrogen and oxygen atoms in total. The van der Waals surface area contributed by atoms with Crippen LogP contribution >= 0.6 is 24.0 Å². The van der Waals surface area contributed by atoms with Crippen molar-refractivity contribution in [2.24, 2.45) is 4.99 Å². The third kappa shape index (κ3) is 8.33. The molecule has 1 unspecified atom stereocenters. The molecule has 8 heteroatoms. The SMILES string of the molecule is CN=C(NCC#Cc1ccc(C(F)(F)F)cc1)NCC(CO)c1ccccc1.I. The van der Waals surface area contributed by atoms with Gasteiger partial charge < -0.3 is 15.7 Å². The molecule has 0 spiro atoms. The summed E-state index contributed by atoms with van der Waals surface area (Å²) in [6, 6.07) is 14.4. The summed E-state index contributed by atoms with van der Waals surface area (Å²) in [5.41, 5.74) is 0.829. The van der Waals surface area contributed by atoms with Gasteiger partial charge in [-0.3, -0.25) is 4.99 Å². The van der Waals surface area contributed by atoms with E-state index in [1.165, 1.54) is 12.1 Å². The topological polar surface area (TPSA) is 56.7 Å². The van der Waals surface area contributed by atoms with Crippen LogP contribution < -0.4 is 10.6 Å². The summed E-state index contributed by atoms with van der Waals surface area (Å²) in [4.78, 5) is 4.09. The van der Waals surface area contributed by atoms with Crippen molar-refractivity contribution in [1.82, 2.24) is 10.6 Å². The molecule has 3 N–H and O–H groups in total. The zero-order valence-corrected chi connectivity index (χ0v) is 18.2. The predicted octanol–water partition coefficient (Wildman–Crippen LogP) is 3.62. The number of hydrogen-bond acceptors (Lipinski definition) is 2. The monoisotopic (exact) mass is 517 g/mol. The number of guanidine groups is 1. The molecule has 0 amide bonds. The Bertz CT molecular complexity index is 828. The Balaban J connectivity index is 0.00000420. The highest BCUT2D eigenvalue weighted by Crippen LogP contribution is 2.28. The van der Waals surface area contributed by atoms with Gasteiger partial charge in [-0.25, -0.2) is 0 Å². The van der Waals surface area contributed by atoms with Gasteiger partial charge in [-0.05, 0) is 29.8 Å². The molecule has 0 radical (unpaired) electrons. The summed E-state index contributed by atoms with van der Waals surface area (Å²) in [5.74, 6) is 6.10. The van der Waals surface area contributed by atoms with E-state index in [4.69, 9.17) is 0 Å². The van der Waals surface area contributed by atoms with Crippen molar-refractivity contribution in [2.45, 2.75) is 12.1 Å². The number of halogens is 4. The molecule has 2 aromatic carbocycles. The van der Waals surface area contributed by atoms with Crippen LogP contribution in [0.3, 0.4) is 0 Å². The molecule has 2 aromatic rings. The van der Waals surface area contributed by atoms with Gasteiger partial charge in [-0.1, -0.05) is 42.2 Å². The lowest BCUT2D eigenvalue weighted by atomic mass is 10.0. The van der Waals surface area contributed by atoms with Crippen LogP contribution in [0.15, 0.2) is 59.6 Å². The van der Waals surface area contributed by atoms with E-state index in [0.29, 0.717) is 18.1 Å². The van der Waals surface area contributed by atoms with E-state index in [-0.39, 0.29) is 43.0 Å². The molecule has 0 aliphatic rings. The van der Waals surface area contributed by atoms with E-state index in [2.05, 4.69) is 27.5 Å². The Hall–Kier alpha value is -2.25. The minimum atomic E-state index is -4.35. The zero-order valence-electron chi connectivity index (χ0n) is 15.8. The highest BCUT2D eigenvalue weighted by Gasteiger charge is 2.29. The summed E-state index contributed by atoms with van der Waals surface area (Å²) in [6.45, 7) is 0.768. The Kier molecular flexibility index (Phi) is 10.5. The number of hydrogen-bond donors (Lipinski definition) is 3. The first kappa shape index (κ1) is 24.8. The van der Waals surface area contributed by atoms with Crippen LogP contribution in [-0.4, -0.2) is 37.8 Å². The molecule has 0 fully saturated rings. The minimum Gasteiger partial charge on any atom is -0.396 e. The van der Waals surface area contributed by atoms with Crippen LogP contribution in [0.1, 0.15) is 22.6 Å². The first-order valence-electron chi connectivity index (χ1n) is 8.70. The van der Waals surface area contributed by atoms with Crippen LogP contribution in [0.25, 0.3) is 0 Å². The quantitative estimate of drug-likeness (QED) is 0.246. The number of nitrogens with one attached hydrogen (secondary N) is 2. The molecule has 0 bridgehead atoms. The average molecular weight is 517 g/mol. The standard InChI is InChI=1S/C21H22F3N3O.HI/c1-25-20(27-14-18(15-28)17-7-3-2-4-8-17)26-13-5-6-16-9-11-19(12-10-16)21(22,23)24;/h2-4,7-12,18,28H,13-15H2,1H3,(H2,25,26,27);1H. The number of benzene rings is 2. The predicted molar refractivity (Wildman–Crippen MR) is 119 cm³/mol. The van der Waals surface area contributed by atoms with Gasteiger partial charge in [0.05, 0.1) is 18.7 Å². The molecule has 0 saturated carbocycles. The van der Waals surface area contributed by atoms with Gasteiger partial charge in [-0.15, -0.1) is 24.0 Å². The largest absolute Gasteiger partial charge is 0.416 e. The van der Waals surface area contributed by atoms with Crippen molar-refractivity contribution in [2.75, 3.05) is 26.7 Å². The van der Waals surface area contributed by atoms with Gasteiger partial charge in [0.25, 0.3) is 0 Å². The zero-order chi connectivity index (χ0) is 20.4. The Morgan fingerprint density at radius 2 is 1.72 bits per heavy atom. The fraction of sp³-hybridized carbons (Fsp3) is 0.286. The van der Waals surface area contributed by atoms with E-state index in [9.17, 15) is 18.3 Å². The first-order valence-corrected chi connectivity index (χ1v) is 8.70. The molecule has 0 aliphatic heterocycles. The fourth-order valence-corrected chi connectivity index (χ4v) is 2.47. The van der Waals surface area contributed by atoms with Gasteiger partial charge >= 0.3 is 6.18 Å². The van der Waals surface area contributed by atoms with E-state index >= 15 is 0 Å². The lowest BCUT2D eigenvalue weighted by Gasteiger charge is -2.17. The van der Waals surface area contributed by atoms with Crippen molar-refractivity contribution in [3.05, 3.63) is 71.3 Å². The molecular formula is C21H23F3IN3O. The molecule has 1 atom stereocenters. The highest BCUT2D eigenvalue weighted by atomic mass is 127. The normalized spacial score (nSPS) is 12.2. The van der Waals surface area contributed by atoms with Gasteiger partial charge in [0.2, 0.25) is 0 Å². The molecule has 0 aromatic heterocycles. The summed E-state index contributed by atoms with van der Waals surface area (Å²) >= 11 is 0. The number of alkyl halides is 3. The second-order valence-corrected chi connectivity index (χ2v) is 5.97. The summed E-state index contributed by atoms with van der Waals surface area (Å²) in [5, 5.41) is 15.7. The average Bonchev–Trinajstić information content (AvgIpc) is 2.70. The number of aliphatic imine (C=N–C) groups is 1. The lowest BCUT2D eigenvalue weighted by molar-refractivity contribution is -0.137. The third-order valence-electron chi connectivity index (χ3n) is 4.02. The van der Waals surface area contributed by atoms with Crippen LogP contribution in [0.5, 0.6) is 0 Å². The fourth-order valence-electron chi connectivity index (χ4n) is 2.47. The van der Waals surface area contributed by atoms with Crippen molar-refractivity contribution in [1.29, 1.82) is 0 Å². The van der Waals surface area contributed by atoms with Gasteiger partial charge in [-0.2, -0.15) is 13.2 Å². The van der Waals surface area contributed by atoms with E-state index < -0.39 is 11.7 Å². The summed E-state index contributed by atoms with van der Waals surface area (Å²) in [7, 11) is 1.62. The third-order valence-corrected chi connectivity index (χ3v) is 4.02. The maximum atomic E-state index is 12.5. The minimum absolute atomic E-state index is 0. The number of aliphatic hydroxyl groups is 1. The molecule has 0 heterocycles. The maximum absolute atomic E-state index is 12.5. The second kappa shape index (κ2) is 12.3. The number of nitrogens with zero attached hydrogens (tertiary/aromatic N) is 1. The van der Waals surface area contributed by atoms with Crippen molar-refractivity contribution in [3.63, 3.8) is 0 Å². The maximum Gasteiger partial charge on any atom is 0.416 e. The van der Waals surface area contributed by atoms with Gasteiger partial charge in [0.1, 0.15) is 0 Å². The Labute approximate surface area is 185 Å². The van der Waals surface area contributed by atoms with E-state index in [1.807, 2.05) is 30.3 Å². The summed E-state index contributed by atoms with van der Waals surface area (Å²) < 4.78 is 37.6. The number of rotatable bonds is 5. The van der Waals surface area contributed by atoms with Crippen molar-refractivity contribution in [3.8, 4) is 11.8 Å². The van der Waals surface area contributed by atoms with Crippen LogP contribution in [0.2, 0.25) is 0 Å². The first-order chi connectivity index (χ1) is 13.4. The van der Waals surface area contributed by atoms with Crippen molar-refractivity contribution < 1.29 is 18.3 Å². The molecule has 2 rings (SSSR count). The van der Waals surface area contributed by atoms with E-state index in [1.54, 1.807) is 7.05 Å². The Morgan fingerprint density at radius 3 is 2.28 bits per heavy atom.